The van der Waals surface area contributed by atoms with Gasteiger partial charge in [0.1, 0.15) is 12.1 Å². The largest absolute Gasteiger partial charge is 0.355 e. The van der Waals surface area contributed by atoms with Gasteiger partial charge in [-0.1, -0.05) is 12.8 Å². The number of carbonyl (C=O) groups excluding carboxylic acids is 1. The van der Waals surface area contributed by atoms with Crippen molar-refractivity contribution in [3.63, 3.8) is 0 Å². The van der Waals surface area contributed by atoms with Gasteiger partial charge in [0.2, 0.25) is 0 Å². The molecule has 2 aliphatic rings. The van der Waals surface area contributed by atoms with Crippen LogP contribution >= 0.6 is 11.3 Å². The van der Waals surface area contributed by atoms with E-state index in [1.165, 1.54) is 17.5 Å². The summed E-state index contributed by atoms with van der Waals surface area (Å²) in [6, 6.07) is 2.74. The van der Waals surface area contributed by atoms with Crippen LogP contribution in [-0.2, 0) is 0 Å². The molecule has 0 aliphatic carbocycles. The molecule has 6 nitrogen and oxygen atoms in total. The molecule has 2 amide bonds. The SMILES string of the molecule is CC(C)NC(=O)N1CCCCCC1C1CCN(c2ncnc3ccsc23)CC1. The summed E-state index contributed by atoms with van der Waals surface area (Å²) in [5.41, 5.74) is 1.04. The molecule has 0 radical (unpaired) electrons. The van der Waals surface area contributed by atoms with Gasteiger partial charge in [0.05, 0.1) is 10.2 Å². The Morgan fingerprint density at radius 2 is 1.96 bits per heavy atom. The van der Waals surface area contributed by atoms with E-state index in [2.05, 4.69) is 36.5 Å². The van der Waals surface area contributed by atoms with Gasteiger partial charge in [-0.15, -0.1) is 11.3 Å². The van der Waals surface area contributed by atoms with E-state index in [1.807, 2.05) is 13.8 Å². The number of likely N-dealkylation sites (tertiary alicyclic amines) is 1. The second kappa shape index (κ2) is 8.64. The van der Waals surface area contributed by atoms with Crippen LogP contribution in [-0.4, -0.2) is 52.6 Å². The lowest BCUT2D eigenvalue weighted by Crippen LogP contribution is -2.52. The van der Waals surface area contributed by atoms with Crippen LogP contribution in [0, 0.1) is 5.92 Å². The van der Waals surface area contributed by atoms with E-state index in [-0.39, 0.29) is 12.1 Å². The summed E-state index contributed by atoms with van der Waals surface area (Å²) in [6.07, 6.45) is 8.65. The minimum absolute atomic E-state index is 0.125. The molecule has 0 spiro atoms. The number of piperidine rings is 1. The number of rotatable bonds is 3. The van der Waals surface area contributed by atoms with E-state index < -0.39 is 0 Å². The standard InChI is InChI=1S/C21H31N5OS/c1-15(2)24-21(27)26-10-5-3-4-6-18(26)16-7-11-25(12-8-16)20-19-17(9-13-28-19)22-14-23-20/h9,13-16,18H,3-8,10-12H2,1-2H3,(H,24,27). The predicted octanol–water partition coefficient (Wildman–Crippen LogP) is 4.27. The number of nitrogens with zero attached hydrogens (tertiary/aromatic N) is 4. The summed E-state index contributed by atoms with van der Waals surface area (Å²) in [4.78, 5) is 26.3. The van der Waals surface area contributed by atoms with Crippen LogP contribution in [0.25, 0.3) is 10.2 Å². The van der Waals surface area contributed by atoms with E-state index >= 15 is 0 Å². The zero-order valence-electron chi connectivity index (χ0n) is 16.9. The number of carbonyl (C=O) groups is 1. The Kier molecular flexibility index (Phi) is 5.99. The minimum atomic E-state index is 0.125. The Morgan fingerprint density at radius 1 is 1.14 bits per heavy atom. The molecule has 2 fully saturated rings. The van der Waals surface area contributed by atoms with Gasteiger partial charge in [0.15, 0.2) is 0 Å². The molecule has 2 aromatic heterocycles. The fourth-order valence-corrected chi connectivity index (χ4v) is 5.57. The summed E-state index contributed by atoms with van der Waals surface area (Å²) in [6.45, 7) is 6.98. The maximum absolute atomic E-state index is 12.8. The number of thiophene rings is 1. The van der Waals surface area contributed by atoms with E-state index in [1.54, 1.807) is 17.7 Å². The number of aromatic nitrogens is 2. The normalized spacial score (nSPS) is 21.9. The van der Waals surface area contributed by atoms with E-state index in [0.717, 1.165) is 56.7 Å². The third-order valence-corrected chi connectivity index (χ3v) is 6.98. The first-order chi connectivity index (χ1) is 13.6. The second-order valence-electron chi connectivity index (χ2n) is 8.37. The fourth-order valence-electron chi connectivity index (χ4n) is 4.70. The first-order valence-corrected chi connectivity index (χ1v) is 11.5. The third kappa shape index (κ3) is 4.09. The molecule has 1 unspecified atom stereocenters. The molecule has 7 heteroatoms. The number of nitrogens with one attached hydrogen (secondary N) is 1. The fraction of sp³-hybridized carbons (Fsp3) is 0.667. The molecule has 0 aromatic carbocycles. The Morgan fingerprint density at radius 3 is 2.75 bits per heavy atom. The number of hydrogen-bond donors (Lipinski definition) is 1. The highest BCUT2D eigenvalue weighted by molar-refractivity contribution is 7.17. The van der Waals surface area contributed by atoms with E-state index in [4.69, 9.17) is 0 Å². The van der Waals surface area contributed by atoms with Crippen molar-refractivity contribution in [3.05, 3.63) is 17.8 Å². The third-order valence-electron chi connectivity index (χ3n) is 6.08. The lowest BCUT2D eigenvalue weighted by atomic mass is 9.86. The Balaban J connectivity index is 1.45. The zero-order chi connectivity index (χ0) is 19.5. The molecule has 1 N–H and O–H groups in total. The smallest absolute Gasteiger partial charge is 0.317 e. The summed E-state index contributed by atoms with van der Waals surface area (Å²) < 4.78 is 1.19. The van der Waals surface area contributed by atoms with Crippen LogP contribution in [0.2, 0.25) is 0 Å². The first-order valence-electron chi connectivity index (χ1n) is 10.6. The zero-order valence-corrected chi connectivity index (χ0v) is 17.7. The average Bonchev–Trinajstić information content (AvgIpc) is 3.04. The number of hydrogen-bond acceptors (Lipinski definition) is 5. The predicted molar refractivity (Wildman–Crippen MR) is 115 cm³/mol. The summed E-state index contributed by atoms with van der Waals surface area (Å²) in [5, 5.41) is 5.21. The molecule has 0 saturated carbocycles. The molecule has 4 heterocycles. The first kappa shape index (κ1) is 19.4. The molecular formula is C21H31N5OS. The van der Waals surface area contributed by atoms with E-state index in [9.17, 15) is 4.79 Å². The molecule has 152 valence electrons. The highest BCUT2D eigenvalue weighted by Crippen LogP contribution is 2.34. The number of urea groups is 1. The Bertz CT molecular complexity index is 799. The number of fused-ring (bicyclic) bond motifs is 1. The van der Waals surface area contributed by atoms with Gasteiger partial charge in [0.25, 0.3) is 0 Å². The van der Waals surface area contributed by atoms with Crippen molar-refractivity contribution in [1.29, 1.82) is 0 Å². The maximum Gasteiger partial charge on any atom is 0.317 e. The van der Waals surface area contributed by atoms with Crippen LogP contribution in [0.5, 0.6) is 0 Å². The number of anilines is 1. The highest BCUT2D eigenvalue weighted by Gasteiger charge is 2.34. The van der Waals surface area contributed by atoms with Crippen molar-refractivity contribution in [1.82, 2.24) is 20.2 Å². The highest BCUT2D eigenvalue weighted by atomic mass is 32.1. The van der Waals surface area contributed by atoms with Gasteiger partial charge in [0, 0.05) is 31.7 Å². The van der Waals surface area contributed by atoms with Crippen molar-refractivity contribution in [2.24, 2.45) is 5.92 Å². The summed E-state index contributed by atoms with van der Waals surface area (Å²) in [5.74, 6) is 1.65. The number of amides is 2. The van der Waals surface area contributed by atoms with Crippen LogP contribution in [0.15, 0.2) is 17.8 Å². The molecule has 28 heavy (non-hydrogen) atoms. The molecule has 2 aromatic rings. The molecule has 2 saturated heterocycles. The van der Waals surface area contributed by atoms with Crippen molar-refractivity contribution in [3.8, 4) is 0 Å². The van der Waals surface area contributed by atoms with Gasteiger partial charge >= 0.3 is 6.03 Å². The second-order valence-corrected chi connectivity index (χ2v) is 9.29. The quantitative estimate of drug-likeness (QED) is 0.834. The molecular weight excluding hydrogens is 370 g/mol. The summed E-state index contributed by atoms with van der Waals surface area (Å²) in [7, 11) is 0. The van der Waals surface area contributed by atoms with Crippen LogP contribution < -0.4 is 10.2 Å². The van der Waals surface area contributed by atoms with Gasteiger partial charge in [-0.3, -0.25) is 0 Å². The van der Waals surface area contributed by atoms with Crippen molar-refractivity contribution in [2.75, 3.05) is 24.5 Å². The molecule has 4 rings (SSSR count). The molecule has 1 atom stereocenters. The molecule has 0 bridgehead atoms. The minimum Gasteiger partial charge on any atom is -0.355 e. The van der Waals surface area contributed by atoms with Crippen molar-refractivity contribution in [2.45, 2.75) is 64.5 Å². The maximum atomic E-state index is 12.8. The van der Waals surface area contributed by atoms with Crippen LogP contribution in [0.1, 0.15) is 52.4 Å². The topological polar surface area (TPSA) is 61.4 Å². The lowest BCUT2D eigenvalue weighted by Gasteiger charge is -2.41. The summed E-state index contributed by atoms with van der Waals surface area (Å²) >= 11 is 1.72. The van der Waals surface area contributed by atoms with E-state index in [0.29, 0.717) is 12.0 Å². The van der Waals surface area contributed by atoms with Gasteiger partial charge in [-0.05, 0) is 56.9 Å². The van der Waals surface area contributed by atoms with Crippen molar-refractivity contribution >= 4 is 33.4 Å². The van der Waals surface area contributed by atoms with Gasteiger partial charge in [-0.2, -0.15) is 0 Å². The lowest BCUT2D eigenvalue weighted by molar-refractivity contribution is 0.135. The average molecular weight is 402 g/mol. The Hall–Kier alpha value is -1.89. The Labute approximate surface area is 171 Å². The van der Waals surface area contributed by atoms with Crippen molar-refractivity contribution < 1.29 is 4.79 Å². The molecule has 2 aliphatic heterocycles. The van der Waals surface area contributed by atoms with Gasteiger partial charge < -0.3 is 15.1 Å². The van der Waals surface area contributed by atoms with Crippen LogP contribution in [0.3, 0.4) is 0 Å². The monoisotopic (exact) mass is 401 g/mol. The van der Waals surface area contributed by atoms with Gasteiger partial charge in [-0.25, -0.2) is 14.8 Å². The van der Waals surface area contributed by atoms with Crippen LogP contribution in [0.4, 0.5) is 10.6 Å².